The van der Waals surface area contributed by atoms with Gasteiger partial charge in [-0.2, -0.15) is 0 Å². The van der Waals surface area contributed by atoms with Gasteiger partial charge in [-0.25, -0.2) is 4.79 Å². The van der Waals surface area contributed by atoms with E-state index >= 15 is 0 Å². The minimum atomic E-state index is -0.371. The average Bonchev–Trinajstić information content (AvgIpc) is 2.68. The fourth-order valence-electron chi connectivity index (χ4n) is 1.96. The van der Waals surface area contributed by atoms with Gasteiger partial charge in [0.05, 0.1) is 13.0 Å². The zero-order chi connectivity index (χ0) is 9.42. The first kappa shape index (κ1) is 8.23. The quantitative estimate of drug-likeness (QED) is 0.559. The second kappa shape index (κ2) is 2.83. The Hall–Kier alpha value is -1.38. The largest absolute Gasteiger partial charge is 0.466 e. The van der Waals surface area contributed by atoms with Crippen molar-refractivity contribution in [2.24, 2.45) is 11.8 Å². The SMILES string of the molecule is COC(=O)C1=CCC2C=CC(=O)C12. The van der Waals surface area contributed by atoms with E-state index in [1.54, 1.807) is 6.08 Å². The van der Waals surface area contributed by atoms with Crippen molar-refractivity contribution in [1.29, 1.82) is 0 Å². The lowest BCUT2D eigenvalue weighted by molar-refractivity contribution is -0.137. The third kappa shape index (κ3) is 1.11. The smallest absolute Gasteiger partial charge is 0.334 e. The van der Waals surface area contributed by atoms with Crippen molar-refractivity contribution in [3.63, 3.8) is 0 Å². The number of fused-ring (bicyclic) bond motifs is 1. The molecule has 3 nitrogen and oxygen atoms in total. The predicted molar refractivity (Wildman–Crippen MR) is 45.8 cm³/mol. The lowest BCUT2D eigenvalue weighted by atomic mass is 9.93. The van der Waals surface area contributed by atoms with Gasteiger partial charge in [-0.1, -0.05) is 12.2 Å². The Balaban J connectivity index is 2.24. The van der Waals surface area contributed by atoms with Crippen LogP contribution in [0.4, 0.5) is 0 Å². The van der Waals surface area contributed by atoms with E-state index in [1.165, 1.54) is 7.11 Å². The maximum atomic E-state index is 11.4. The molecule has 2 aliphatic rings. The Morgan fingerprint density at radius 3 is 3.08 bits per heavy atom. The molecule has 0 aliphatic heterocycles. The summed E-state index contributed by atoms with van der Waals surface area (Å²) in [6.45, 7) is 0. The highest BCUT2D eigenvalue weighted by Gasteiger charge is 2.39. The van der Waals surface area contributed by atoms with E-state index in [2.05, 4.69) is 4.74 Å². The molecule has 3 heteroatoms. The molecule has 0 amide bonds. The zero-order valence-corrected chi connectivity index (χ0v) is 7.32. The van der Waals surface area contributed by atoms with Crippen LogP contribution in [-0.2, 0) is 14.3 Å². The number of hydrogen-bond acceptors (Lipinski definition) is 3. The first-order chi connectivity index (χ1) is 6.24. The van der Waals surface area contributed by atoms with Crippen molar-refractivity contribution in [1.82, 2.24) is 0 Å². The fraction of sp³-hybridized carbons (Fsp3) is 0.400. The summed E-state index contributed by atoms with van der Waals surface area (Å²) in [5.74, 6) is -0.405. The van der Waals surface area contributed by atoms with E-state index in [0.29, 0.717) is 5.57 Å². The molecule has 2 rings (SSSR count). The number of carbonyl (C=O) groups is 2. The molecule has 0 saturated carbocycles. The van der Waals surface area contributed by atoms with Crippen molar-refractivity contribution in [2.75, 3.05) is 7.11 Å². The Labute approximate surface area is 76.1 Å². The van der Waals surface area contributed by atoms with Gasteiger partial charge in [-0.15, -0.1) is 0 Å². The molecule has 0 N–H and O–H groups in total. The number of methoxy groups -OCH3 is 1. The molecule has 2 atom stereocenters. The number of esters is 1. The Bertz CT molecular complexity index is 325. The van der Waals surface area contributed by atoms with Gasteiger partial charge in [0.25, 0.3) is 0 Å². The number of rotatable bonds is 1. The van der Waals surface area contributed by atoms with Gasteiger partial charge in [-0.05, 0) is 18.4 Å². The lowest BCUT2D eigenvalue weighted by Crippen LogP contribution is -2.19. The van der Waals surface area contributed by atoms with E-state index in [9.17, 15) is 9.59 Å². The number of carbonyl (C=O) groups excluding carboxylic acids is 2. The molecule has 13 heavy (non-hydrogen) atoms. The molecule has 68 valence electrons. The van der Waals surface area contributed by atoms with Crippen LogP contribution in [0.1, 0.15) is 6.42 Å². The number of hydrogen-bond donors (Lipinski definition) is 0. The summed E-state index contributed by atoms with van der Waals surface area (Å²) in [7, 11) is 1.34. The molecule has 0 aromatic heterocycles. The summed E-state index contributed by atoms with van der Waals surface area (Å²) in [6, 6.07) is 0. The molecule has 0 spiro atoms. The van der Waals surface area contributed by atoms with Crippen LogP contribution in [0.2, 0.25) is 0 Å². The van der Waals surface area contributed by atoms with Crippen LogP contribution in [-0.4, -0.2) is 18.9 Å². The fourth-order valence-corrected chi connectivity index (χ4v) is 1.96. The summed E-state index contributed by atoms with van der Waals surface area (Å²) in [4.78, 5) is 22.6. The third-order valence-corrected chi connectivity index (χ3v) is 2.61. The van der Waals surface area contributed by atoms with E-state index in [4.69, 9.17) is 0 Å². The maximum absolute atomic E-state index is 11.4. The first-order valence-electron chi connectivity index (χ1n) is 4.24. The number of ether oxygens (including phenoxy) is 1. The van der Waals surface area contributed by atoms with Crippen LogP contribution in [0, 0.1) is 11.8 Å². The molecule has 0 aromatic rings. The molecule has 2 unspecified atom stereocenters. The standard InChI is InChI=1S/C10H10O3/c1-13-10(12)7-4-2-6-3-5-8(11)9(6)7/h3-6,9H,2H2,1H3. The van der Waals surface area contributed by atoms with Gasteiger partial charge in [0.2, 0.25) is 0 Å². The Kier molecular flexibility index (Phi) is 1.79. The lowest BCUT2D eigenvalue weighted by Gasteiger charge is -2.10. The molecule has 0 fully saturated rings. The summed E-state index contributed by atoms with van der Waals surface area (Å²) in [6.07, 6.45) is 6.02. The van der Waals surface area contributed by atoms with Crippen LogP contribution in [0.15, 0.2) is 23.8 Å². The first-order valence-corrected chi connectivity index (χ1v) is 4.24. The van der Waals surface area contributed by atoms with Crippen molar-refractivity contribution < 1.29 is 14.3 Å². The average molecular weight is 178 g/mol. The maximum Gasteiger partial charge on any atom is 0.334 e. The second-order valence-corrected chi connectivity index (χ2v) is 3.29. The van der Waals surface area contributed by atoms with Crippen LogP contribution < -0.4 is 0 Å². The van der Waals surface area contributed by atoms with E-state index in [-0.39, 0.29) is 23.6 Å². The van der Waals surface area contributed by atoms with Crippen LogP contribution in [0.5, 0.6) is 0 Å². The van der Waals surface area contributed by atoms with Gasteiger partial charge in [-0.3, -0.25) is 4.79 Å². The topological polar surface area (TPSA) is 43.4 Å². The van der Waals surface area contributed by atoms with Crippen molar-refractivity contribution >= 4 is 11.8 Å². The summed E-state index contributed by atoms with van der Waals surface area (Å²) < 4.78 is 4.60. The molecule has 0 saturated heterocycles. The zero-order valence-electron chi connectivity index (χ0n) is 7.32. The van der Waals surface area contributed by atoms with E-state index < -0.39 is 0 Å². The van der Waals surface area contributed by atoms with Crippen LogP contribution in [0.25, 0.3) is 0 Å². The Morgan fingerprint density at radius 1 is 1.62 bits per heavy atom. The van der Waals surface area contributed by atoms with Gasteiger partial charge in [0.1, 0.15) is 0 Å². The highest BCUT2D eigenvalue weighted by atomic mass is 16.5. The number of ketones is 1. The Morgan fingerprint density at radius 2 is 2.38 bits per heavy atom. The minimum absolute atomic E-state index is 0.0270. The van der Waals surface area contributed by atoms with E-state index in [1.807, 2.05) is 12.2 Å². The summed E-state index contributed by atoms with van der Waals surface area (Å²) in [5, 5.41) is 0. The summed E-state index contributed by atoms with van der Waals surface area (Å²) in [5.41, 5.74) is 0.530. The predicted octanol–water partition coefficient (Wildman–Crippen LogP) is 0.861. The molecule has 2 aliphatic carbocycles. The van der Waals surface area contributed by atoms with Crippen LogP contribution >= 0.6 is 0 Å². The molecule has 0 radical (unpaired) electrons. The van der Waals surface area contributed by atoms with Gasteiger partial charge < -0.3 is 4.74 Å². The normalized spacial score (nSPS) is 30.2. The van der Waals surface area contributed by atoms with E-state index in [0.717, 1.165) is 6.42 Å². The van der Waals surface area contributed by atoms with Crippen molar-refractivity contribution in [2.45, 2.75) is 6.42 Å². The minimum Gasteiger partial charge on any atom is -0.466 e. The molecular formula is C10H10O3. The van der Waals surface area contributed by atoms with Crippen molar-refractivity contribution in [3.05, 3.63) is 23.8 Å². The molecule has 0 bridgehead atoms. The highest BCUT2D eigenvalue weighted by molar-refractivity contribution is 6.04. The third-order valence-electron chi connectivity index (χ3n) is 2.61. The molecule has 0 heterocycles. The molecular weight excluding hydrogens is 168 g/mol. The summed E-state index contributed by atoms with van der Waals surface area (Å²) >= 11 is 0. The monoisotopic (exact) mass is 178 g/mol. The second-order valence-electron chi connectivity index (χ2n) is 3.29. The van der Waals surface area contributed by atoms with Gasteiger partial charge >= 0.3 is 5.97 Å². The van der Waals surface area contributed by atoms with Gasteiger partial charge in [0.15, 0.2) is 5.78 Å². The number of allylic oxidation sites excluding steroid dienone is 3. The molecule has 0 aromatic carbocycles. The highest BCUT2D eigenvalue weighted by Crippen LogP contribution is 2.38. The van der Waals surface area contributed by atoms with Crippen molar-refractivity contribution in [3.8, 4) is 0 Å². The van der Waals surface area contributed by atoms with Gasteiger partial charge in [0, 0.05) is 5.57 Å². The van der Waals surface area contributed by atoms with Crippen LogP contribution in [0.3, 0.4) is 0 Å².